The molecular weight excluding hydrogens is 1050 g/mol. The number of nitrogens with zero attached hydrogens (tertiary/aromatic N) is 8. The number of urea groups is 1. The van der Waals surface area contributed by atoms with Gasteiger partial charge in [-0.3, -0.25) is 24.5 Å². The first kappa shape index (κ1) is 54.4. The lowest BCUT2D eigenvalue weighted by Gasteiger charge is -2.42. The van der Waals surface area contributed by atoms with E-state index in [1.165, 1.54) is 4.90 Å². The number of amides is 7. The van der Waals surface area contributed by atoms with Crippen LogP contribution < -0.4 is 35.8 Å². The number of aromatic nitrogens is 2. The number of piperidine rings is 1. The number of ether oxygens (including phenoxy) is 2. The van der Waals surface area contributed by atoms with Gasteiger partial charge in [-0.25, -0.2) is 9.59 Å². The molecule has 5 aromatic rings. The van der Waals surface area contributed by atoms with Gasteiger partial charge in [0.2, 0.25) is 11.8 Å². The lowest BCUT2D eigenvalue weighted by molar-refractivity contribution is -0.137. The monoisotopic (exact) mass is 1110 g/mol. The Bertz CT molecular complexity index is 3290. The number of alkyl carbamates (subject to hydrolysis) is 1. The second-order valence-electron chi connectivity index (χ2n) is 20.4. The van der Waals surface area contributed by atoms with E-state index in [1.807, 2.05) is 18.2 Å². The molecule has 5 aliphatic rings. The van der Waals surface area contributed by atoms with E-state index in [2.05, 4.69) is 73.9 Å². The van der Waals surface area contributed by atoms with Crippen molar-refractivity contribution in [2.24, 2.45) is 0 Å². The van der Waals surface area contributed by atoms with Gasteiger partial charge < -0.3 is 49.9 Å². The molecule has 6 heterocycles. The highest BCUT2D eigenvalue weighted by atomic mass is 35.5. The number of piperazine rings is 1. The summed E-state index contributed by atoms with van der Waals surface area (Å²) >= 11 is 13.1. The highest BCUT2D eigenvalue weighted by molar-refractivity contribution is 6.36. The Balaban J connectivity index is 0.720. The number of hydrogen-bond donors (Lipinski definition) is 4. The third kappa shape index (κ3) is 12.2. The van der Waals surface area contributed by atoms with Crippen molar-refractivity contribution in [3.8, 4) is 12.1 Å². The van der Waals surface area contributed by atoms with Crippen molar-refractivity contribution in [1.82, 2.24) is 40.6 Å². The van der Waals surface area contributed by atoms with Crippen molar-refractivity contribution in [1.29, 1.82) is 5.26 Å². The van der Waals surface area contributed by atoms with Crippen molar-refractivity contribution in [3.63, 3.8) is 0 Å². The summed E-state index contributed by atoms with van der Waals surface area (Å²) in [7, 11) is 2.10. The highest BCUT2D eigenvalue weighted by Crippen LogP contribution is 2.38. The Labute approximate surface area is 467 Å². The number of hydrogen-bond acceptors (Lipinski definition) is 14. The molecule has 3 fully saturated rings. The maximum atomic E-state index is 14.0. The number of nitrogens with one attached hydrogen (secondary N) is 4. The Hall–Kier alpha value is -7.99. The summed E-state index contributed by atoms with van der Waals surface area (Å²) in [6.07, 6.45) is 2.73. The highest BCUT2D eigenvalue weighted by Gasteiger charge is 2.40. The lowest BCUT2D eigenvalue weighted by Crippen LogP contribution is -2.56. The predicted molar refractivity (Wildman–Crippen MR) is 297 cm³/mol. The second kappa shape index (κ2) is 23.9. The van der Waals surface area contributed by atoms with Crippen LogP contribution in [0.1, 0.15) is 70.4 Å². The van der Waals surface area contributed by atoms with E-state index in [0.717, 1.165) is 58.5 Å². The molecule has 79 heavy (non-hydrogen) atoms. The summed E-state index contributed by atoms with van der Waals surface area (Å²) in [4.78, 5) is 97.2. The number of fused-ring (bicyclic) bond motifs is 3. The fourth-order valence-corrected chi connectivity index (χ4v) is 11.6. The normalized spacial score (nSPS) is 19.1. The fraction of sp³-hybridized carbons (Fsp3) is 0.386. The molecule has 3 atom stereocenters. The summed E-state index contributed by atoms with van der Waals surface area (Å²) in [6, 6.07) is 23.3. The Morgan fingerprint density at radius 1 is 0.911 bits per heavy atom. The minimum Gasteiger partial charge on any atom is -0.462 e. The van der Waals surface area contributed by atoms with Gasteiger partial charge in [0.15, 0.2) is 0 Å². The number of carbonyl (C=O) groups excluding carboxylic acids is 6. The molecule has 7 amide bonds. The zero-order chi connectivity index (χ0) is 55.3. The van der Waals surface area contributed by atoms with Crippen LogP contribution in [0.5, 0.6) is 6.01 Å². The molecule has 0 aliphatic carbocycles. The van der Waals surface area contributed by atoms with Gasteiger partial charge in [0.25, 0.3) is 11.8 Å². The van der Waals surface area contributed by atoms with Crippen molar-refractivity contribution < 1.29 is 38.2 Å². The first-order valence-electron chi connectivity index (χ1n) is 26.5. The van der Waals surface area contributed by atoms with Gasteiger partial charge in [-0.2, -0.15) is 15.2 Å². The molecule has 410 valence electrons. The van der Waals surface area contributed by atoms with Gasteiger partial charge in [0, 0.05) is 96.8 Å². The smallest absolute Gasteiger partial charge is 0.407 e. The molecule has 22 heteroatoms. The minimum absolute atomic E-state index is 0.0462. The van der Waals surface area contributed by atoms with Crippen LogP contribution in [-0.4, -0.2) is 138 Å². The topological polar surface area (TPSA) is 235 Å². The predicted octanol–water partition coefficient (Wildman–Crippen LogP) is 6.51. The number of nitriles is 1. The van der Waals surface area contributed by atoms with Gasteiger partial charge in [-0.05, 0) is 98.1 Å². The number of benzene rings is 4. The van der Waals surface area contributed by atoms with Crippen molar-refractivity contribution in [2.75, 3.05) is 74.6 Å². The van der Waals surface area contributed by atoms with Crippen LogP contribution in [0.3, 0.4) is 0 Å². The van der Waals surface area contributed by atoms with E-state index in [9.17, 15) is 34.0 Å². The number of halogens is 2. The first-order chi connectivity index (χ1) is 38.2. The number of anilines is 3. The van der Waals surface area contributed by atoms with E-state index in [4.69, 9.17) is 42.6 Å². The molecule has 0 bridgehead atoms. The molecule has 4 N–H and O–H groups in total. The zero-order valence-corrected chi connectivity index (χ0v) is 45.2. The average Bonchev–Trinajstić information content (AvgIpc) is 4.20. The Morgan fingerprint density at radius 2 is 1.75 bits per heavy atom. The quantitative estimate of drug-likeness (QED) is 0.0610. The van der Waals surface area contributed by atoms with E-state index in [0.29, 0.717) is 71.6 Å². The van der Waals surface area contributed by atoms with Crippen LogP contribution in [0.25, 0.3) is 10.8 Å². The third-order valence-electron chi connectivity index (χ3n) is 15.3. The molecule has 1 unspecified atom stereocenters. The van der Waals surface area contributed by atoms with Gasteiger partial charge >= 0.3 is 18.1 Å². The van der Waals surface area contributed by atoms with Crippen LogP contribution in [0.15, 0.2) is 84.9 Å². The summed E-state index contributed by atoms with van der Waals surface area (Å²) in [6.45, 7) is 7.67. The molecule has 0 radical (unpaired) electrons. The van der Waals surface area contributed by atoms with Crippen molar-refractivity contribution >= 4 is 86.9 Å². The van der Waals surface area contributed by atoms with Crippen molar-refractivity contribution in [2.45, 2.75) is 82.7 Å². The summed E-state index contributed by atoms with van der Waals surface area (Å²) in [5.74, 6) is -0.835. The maximum Gasteiger partial charge on any atom is 0.407 e. The standard InChI is InChI=1S/C57H60Cl2N12O8/c1-34(32-79-57(77)61-21-18-36-12-13-39(58)27-45(36)63-55(76)62-28-35-11-14-42-38(26-35)29-71(54(42)75)48-15-16-49(72)65-52(48)73)53(74)70-25-24-69(30-40(70)17-20-60)51-43-19-23-68(47-10-4-7-37-6-3-9-44(59)50(37)47)31-46(43)64-56(66-51)78-33-41-8-5-22-67(41)2/h3-4,6-7,9-14,26-27,40-41,48H,1,5,8,15-19,21-25,28-33H2,2H3,(H,61,77)(H2,62,63,76)(H,65,72,73)/t40-,41-,48?/m0/s1. The molecule has 4 aromatic carbocycles. The van der Waals surface area contributed by atoms with Gasteiger partial charge in [-0.15, -0.1) is 0 Å². The fourth-order valence-electron chi connectivity index (χ4n) is 11.2. The second-order valence-corrected chi connectivity index (χ2v) is 21.3. The van der Waals surface area contributed by atoms with Crippen LogP contribution >= 0.6 is 23.2 Å². The van der Waals surface area contributed by atoms with Crippen molar-refractivity contribution in [3.05, 3.63) is 129 Å². The molecule has 0 saturated carbocycles. The van der Waals surface area contributed by atoms with Crippen LogP contribution in [0.4, 0.5) is 26.8 Å². The number of carbonyl (C=O) groups is 6. The van der Waals surface area contributed by atoms with E-state index in [1.54, 1.807) is 41.3 Å². The Kier molecular flexibility index (Phi) is 16.5. The molecule has 0 spiro atoms. The van der Waals surface area contributed by atoms with Gasteiger partial charge in [-0.1, -0.05) is 72.2 Å². The summed E-state index contributed by atoms with van der Waals surface area (Å²) in [5, 5.41) is 23.7. The molecule has 10 rings (SSSR count). The molecule has 20 nitrogen and oxygen atoms in total. The molecule has 5 aliphatic heterocycles. The van der Waals surface area contributed by atoms with E-state index >= 15 is 0 Å². The molecular formula is C57H60Cl2N12O8. The molecule has 3 saturated heterocycles. The van der Waals surface area contributed by atoms with Gasteiger partial charge in [0.05, 0.1) is 35.8 Å². The van der Waals surface area contributed by atoms with E-state index < -0.39 is 36.0 Å². The molecule has 1 aromatic heterocycles. The zero-order valence-electron chi connectivity index (χ0n) is 43.7. The SMILES string of the molecule is C=C(COC(=O)NCCc1ccc(Cl)cc1NC(=O)NCc1ccc2c(c1)CN(C1CCC(=O)NC1=O)C2=O)C(=O)N1CCN(c2nc(OC[C@@H]3CCCN3C)nc3c2CCN(c2cccc4cccc(Cl)c24)C3)C[C@@H]1CC#N. The van der Waals surface area contributed by atoms with Crippen LogP contribution in [0, 0.1) is 11.3 Å². The number of likely N-dealkylation sites (tertiary alicyclic amines) is 1. The maximum absolute atomic E-state index is 14.0. The third-order valence-corrected chi connectivity index (χ3v) is 15.9. The Morgan fingerprint density at radius 3 is 2.54 bits per heavy atom. The average molecular weight is 1110 g/mol. The minimum atomic E-state index is -0.780. The number of likely N-dealkylation sites (N-methyl/N-ethyl adjacent to an activating group) is 1. The van der Waals surface area contributed by atoms with Crippen LogP contribution in [-0.2, 0) is 51.6 Å². The largest absolute Gasteiger partial charge is 0.462 e. The number of imide groups is 1. The number of rotatable bonds is 16. The first-order valence-corrected chi connectivity index (χ1v) is 27.2. The lowest BCUT2D eigenvalue weighted by atomic mass is 10.0. The van der Waals surface area contributed by atoms with Gasteiger partial charge in [0.1, 0.15) is 25.1 Å². The summed E-state index contributed by atoms with van der Waals surface area (Å²) < 4.78 is 11.8. The summed E-state index contributed by atoms with van der Waals surface area (Å²) in [5.41, 5.74) is 5.90. The van der Waals surface area contributed by atoms with Crippen LogP contribution in [0.2, 0.25) is 10.0 Å². The van der Waals surface area contributed by atoms with E-state index in [-0.39, 0.29) is 87.9 Å².